The molecule has 112 valence electrons. The van der Waals surface area contributed by atoms with E-state index in [4.69, 9.17) is 10.3 Å². The van der Waals surface area contributed by atoms with E-state index in [2.05, 4.69) is 21.1 Å². The summed E-state index contributed by atoms with van der Waals surface area (Å²) < 4.78 is 5.33. The first-order valence-electron chi connectivity index (χ1n) is 7.26. The van der Waals surface area contributed by atoms with Gasteiger partial charge in [0.25, 0.3) is 0 Å². The van der Waals surface area contributed by atoms with Crippen molar-refractivity contribution in [3.8, 4) is 0 Å². The van der Waals surface area contributed by atoms with Gasteiger partial charge in [0.2, 0.25) is 5.89 Å². The Hall–Kier alpha value is -1.75. The fourth-order valence-electron chi connectivity index (χ4n) is 2.89. The van der Waals surface area contributed by atoms with Gasteiger partial charge >= 0.3 is 0 Å². The lowest BCUT2D eigenvalue weighted by molar-refractivity contribution is 0.373. The van der Waals surface area contributed by atoms with Gasteiger partial charge in [-0.05, 0) is 43.4 Å². The highest BCUT2D eigenvalue weighted by molar-refractivity contribution is 5.85. The molecule has 0 unspecified atom stereocenters. The summed E-state index contributed by atoms with van der Waals surface area (Å²) in [5.74, 6) is 2.10. The highest BCUT2D eigenvalue weighted by Gasteiger charge is 2.30. The van der Waals surface area contributed by atoms with Gasteiger partial charge in [-0.15, -0.1) is 12.4 Å². The summed E-state index contributed by atoms with van der Waals surface area (Å²) in [5.41, 5.74) is 9.43. The average Bonchev–Trinajstić information content (AvgIpc) is 3.21. The number of benzene rings is 1. The number of fused-ring (bicyclic) bond motifs is 1. The molecule has 4 rings (SSSR count). The zero-order chi connectivity index (χ0) is 13.5. The number of hydrogen-bond acceptors (Lipinski definition) is 5. The van der Waals surface area contributed by atoms with Crippen LogP contribution in [0.25, 0.3) is 0 Å². The van der Waals surface area contributed by atoms with Crippen molar-refractivity contribution in [2.24, 2.45) is 0 Å². The quantitative estimate of drug-likeness (QED) is 0.883. The summed E-state index contributed by atoms with van der Waals surface area (Å²) in [7, 11) is 0. The predicted octanol–water partition coefficient (Wildman–Crippen LogP) is 2.90. The van der Waals surface area contributed by atoms with Crippen LogP contribution in [-0.4, -0.2) is 16.7 Å². The van der Waals surface area contributed by atoms with Crippen LogP contribution in [0, 0.1) is 0 Å². The van der Waals surface area contributed by atoms with E-state index >= 15 is 0 Å². The molecule has 0 saturated heterocycles. The van der Waals surface area contributed by atoms with E-state index in [0.717, 1.165) is 36.8 Å². The summed E-state index contributed by atoms with van der Waals surface area (Å²) in [4.78, 5) is 6.81. The van der Waals surface area contributed by atoms with E-state index in [0.29, 0.717) is 12.5 Å². The van der Waals surface area contributed by atoms with Gasteiger partial charge in [0.1, 0.15) is 0 Å². The molecule has 1 aromatic carbocycles. The van der Waals surface area contributed by atoms with Crippen molar-refractivity contribution in [1.82, 2.24) is 10.1 Å². The first-order chi connectivity index (χ1) is 9.81. The molecule has 1 saturated carbocycles. The SMILES string of the molecule is Cl.Nc1cccc2c1CCCN2Cc1noc(C2CC2)n1. The third-order valence-corrected chi connectivity index (χ3v) is 4.13. The third kappa shape index (κ3) is 2.70. The van der Waals surface area contributed by atoms with Crippen LogP contribution >= 0.6 is 12.4 Å². The van der Waals surface area contributed by atoms with E-state index in [-0.39, 0.29) is 12.4 Å². The molecule has 2 aromatic rings. The number of rotatable bonds is 3. The monoisotopic (exact) mass is 306 g/mol. The molecule has 21 heavy (non-hydrogen) atoms. The van der Waals surface area contributed by atoms with E-state index in [1.807, 2.05) is 12.1 Å². The van der Waals surface area contributed by atoms with Gasteiger partial charge < -0.3 is 15.2 Å². The summed E-state index contributed by atoms with van der Waals surface area (Å²) >= 11 is 0. The molecule has 1 aliphatic heterocycles. The van der Waals surface area contributed by atoms with Crippen LogP contribution in [0.5, 0.6) is 0 Å². The molecule has 2 aliphatic rings. The Balaban J connectivity index is 0.00000132. The Morgan fingerprint density at radius 3 is 3.00 bits per heavy atom. The van der Waals surface area contributed by atoms with Crippen LogP contribution in [0.3, 0.4) is 0 Å². The van der Waals surface area contributed by atoms with Crippen LogP contribution in [0.4, 0.5) is 11.4 Å². The number of aromatic nitrogens is 2. The molecule has 0 atom stereocenters. The standard InChI is InChI=1S/C15H18N4O.ClH/c16-12-4-1-5-13-11(12)3-2-8-19(13)9-14-17-15(20-18-14)10-6-7-10;/h1,4-5,10H,2-3,6-9,16H2;1H. The van der Waals surface area contributed by atoms with Crippen molar-refractivity contribution in [2.45, 2.75) is 38.1 Å². The Morgan fingerprint density at radius 1 is 1.33 bits per heavy atom. The normalized spacial score (nSPS) is 17.2. The number of halogens is 1. The Kier molecular flexibility index (Phi) is 3.76. The lowest BCUT2D eigenvalue weighted by atomic mass is 10.00. The third-order valence-electron chi connectivity index (χ3n) is 4.13. The Labute approximate surface area is 129 Å². The molecular weight excluding hydrogens is 288 g/mol. The summed E-state index contributed by atoms with van der Waals surface area (Å²) in [5, 5.41) is 4.11. The Bertz CT molecular complexity index is 638. The van der Waals surface area contributed by atoms with E-state index < -0.39 is 0 Å². The lowest BCUT2D eigenvalue weighted by Gasteiger charge is -2.30. The lowest BCUT2D eigenvalue weighted by Crippen LogP contribution is -2.29. The Morgan fingerprint density at radius 2 is 2.19 bits per heavy atom. The van der Waals surface area contributed by atoms with Crippen LogP contribution in [0.1, 0.15) is 42.5 Å². The summed E-state index contributed by atoms with van der Waals surface area (Å²) in [6.45, 7) is 1.72. The molecule has 1 aliphatic carbocycles. The van der Waals surface area contributed by atoms with Crippen molar-refractivity contribution in [3.63, 3.8) is 0 Å². The van der Waals surface area contributed by atoms with Crippen molar-refractivity contribution in [3.05, 3.63) is 35.5 Å². The van der Waals surface area contributed by atoms with E-state index in [1.54, 1.807) is 0 Å². The van der Waals surface area contributed by atoms with Crippen LogP contribution in [-0.2, 0) is 13.0 Å². The number of nitrogens with zero attached hydrogens (tertiary/aromatic N) is 3. The summed E-state index contributed by atoms with van der Waals surface area (Å²) in [6, 6.07) is 6.12. The molecule has 0 bridgehead atoms. The molecular formula is C15H19ClN4O. The number of hydrogen-bond donors (Lipinski definition) is 1. The van der Waals surface area contributed by atoms with Gasteiger partial charge in [-0.3, -0.25) is 0 Å². The molecule has 2 heterocycles. The highest BCUT2D eigenvalue weighted by atomic mass is 35.5. The fraction of sp³-hybridized carbons (Fsp3) is 0.467. The molecule has 0 radical (unpaired) electrons. The molecule has 1 fully saturated rings. The molecule has 2 N–H and O–H groups in total. The van der Waals surface area contributed by atoms with E-state index in [9.17, 15) is 0 Å². The zero-order valence-electron chi connectivity index (χ0n) is 11.8. The smallest absolute Gasteiger partial charge is 0.229 e. The van der Waals surface area contributed by atoms with Crippen molar-refractivity contribution in [2.75, 3.05) is 17.2 Å². The van der Waals surface area contributed by atoms with Crippen molar-refractivity contribution < 1.29 is 4.52 Å². The maximum Gasteiger partial charge on any atom is 0.229 e. The second kappa shape index (κ2) is 5.56. The van der Waals surface area contributed by atoms with Gasteiger partial charge in [0.05, 0.1) is 6.54 Å². The minimum absolute atomic E-state index is 0. The van der Waals surface area contributed by atoms with Gasteiger partial charge in [-0.2, -0.15) is 4.98 Å². The molecule has 6 heteroatoms. The van der Waals surface area contributed by atoms with E-state index in [1.165, 1.54) is 24.1 Å². The minimum atomic E-state index is 0. The number of nitrogens with two attached hydrogens (primary N) is 1. The van der Waals surface area contributed by atoms with Gasteiger partial charge in [-0.1, -0.05) is 11.2 Å². The summed E-state index contributed by atoms with van der Waals surface area (Å²) in [6.07, 6.45) is 4.54. The topological polar surface area (TPSA) is 68.2 Å². The first-order valence-corrected chi connectivity index (χ1v) is 7.26. The van der Waals surface area contributed by atoms with Crippen LogP contribution in [0.2, 0.25) is 0 Å². The van der Waals surface area contributed by atoms with Crippen LogP contribution in [0.15, 0.2) is 22.7 Å². The largest absolute Gasteiger partial charge is 0.398 e. The first kappa shape index (κ1) is 14.2. The van der Waals surface area contributed by atoms with Crippen molar-refractivity contribution >= 4 is 23.8 Å². The predicted molar refractivity (Wildman–Crippen MR) is 83.7 cm³/mol. The molecule has 1 aromatic heterocycles. The maximum atomic E-state index is 6.07. The maximum absolute atomic E-state index is 6.07. The van der Waals surface area contributed by atoms with Gasteiger partial charge in [0.15, 0.2) is 5.82 Å². The van der Waals surface area contributed by atoms with Crippen molar-refractivity contribution in [1.29, 1.82) is 0 Å². The second-order valence-corrected chi connectivity index (χ2v) is 5.69. The highest BCUT2D eigenvalue weighted by Crippen LogP contribution is 2.39. The number of nitrogen functional groups attached to an aromatic ring is 1. The van der Waals surface area contributed by atoms with Gasteiger partial charge in [-0.25, -0.2) is 0 Å². The molecule has 0 amide bonds. The minimum Gasteiger partial charge on any atom is -0.398 e. The number of anilines is 2. The van der Waals surface area contributed by atoms with Crippen LogP contribution < -0.4 is 10.6 Å². The van der Waals surface area contributed by atoms with Gasteiger partial charge in [0, 0.05) is 23.8 Å². The second-order valence-electron chi connectivity index (χ2n) is 5.69. The zero-order valence-corrected chi connectivity index (χ0v) is 12.6. The fourth-order valence-corrected chi connectivity index (χ4v) is 2.89. The average molecular weight is 307 g/mol. The molecule has 5 nitrogen and oxygen atoms in total. The molecule has 0 spiro atoms.